The Balaban J connectivity index is 2.50. The molecule has 7 heteroatoms. The van der Waals surface area contributed by atoms with Crippen molar-refractivity contribution in [1.82, 2.24) is 10.2 Å². The van der Waals surface area contributed by atoms with E-state index in [9.17, 15) is 14.7 Å². The number of carboxylic acid groups (broad SMARTS) is 1. The molecule has 0 radical (unpaired) electrons. The van der Waals surface area contributed by atoms with Crippen LogP contribution >= 0.6 is 0 Å². The summed E-state index contributed by atoms with van der Waals surface area (Å²) < 4.78 is 4.75. The Labute approximate surface area is 93.0 Å². The number of aliphatic hydroxyl groups is 1. The van der Waals surface area contributed by atoms with Gasteiger partial charge in [-0.05, 0) is 0 Å². The Morgan fingerprint density at radius 3 is 2.81 bits per heavy atom. The Kier molecular flexibility index (Phi) is 4.51. The number of carbonyl (C=O) groups is 2. The fourth-order valence-corrected chi connectivity index (χ4v) is 1.63. The van der Waals surface area contributed by atoms with E-state index < -0.39 is 24.1 Å². The highest BCUT2D eigenvalue weighted by Crippen LogP contribution is 2.17. The molecule has 0 aliphatic carbocycles. The molecule has 0 bridgehead atoms. The molecule has 1 aliphatic heterocycles. The van der Waals surface area contributed by atoms with Crippen LogP contribution < -0.4 is 5.32 Å². The van der Waals surface area contributed by atoms with Crippen molar-refractivity contribution in [2.24, 2.45) is 0 Å². The fraction of sp³-hybridized carbons (Fsp3) is 0.778. The number of ether oxygens (including phenoxy) is 1. The Morgan fingerprint density at radius 2 is 2.25 bits per heavy atom. The number of urea groups is 1. The van der Waals surface area contributed by atoms with Crippen molar-refractivity contribution < 1.29 is 24.5 Å². The number of rotatable bonds is 4. The number of carbonyl (C=O) groups excluding carboxylic acids is 1. The van der Waals surface area contributed by atoms with Gasteiger partial charge in [0.05, 0.1) is 12.7 Å². The molecule has 7 nitrogen and oxygen atoms in total. The van der Waals surface area contributed by atoms with Gasteiger partial charge in [-0.2, -0.15) is 0 Å². The second-order valence-electron chi connectivity index (χ2n) is 3.62. The van der Waals surface area contributed by atoms with Crippen molar-refractivity contribution in [3.63, 3.8) is 0 Å². The maximum Gasteiger partial charge on any atom is 0.326 e. The second kappa shape index (κ2) is 5.66. The van der Waals surface area contributed by atoms with Crippen LogP contribution in [0.5, 0.6) is 0 Å². The van der Waals surface area contributed by atoms with Crippen molar-refractivity contribution in [1.29, 1.82) is 0 Å². The molecule has 1 rings (SSSR count). The molecule has 16 heavy (non-hydrogen) atoms. The maximum atomic E-state index is 11.6. The average molecular weight is 232 g/mol. The third-order valence-corrected chi connectivity index (χ3v) is 2.41. The minimum Gasteiger partial charge on any atom is -0.480 e. The van der Waals surface area contributed by atoms with Crippen LogP contribution in [-0.4, -0.2) is 66.1 Å². The predicted octanol–water partition coefficient (Wildman–Crippen LogP) is -1.14. The summed E-state index contributed by atoms with van der Waals surface area (Å²) in [5.41, 5.74) is 0. The summed E-state index contributed by atoms with van der Waals surface area (Å²) in [4.78, 5) is 23.5. The number of β-amino-alcohol motifs (C(OH)–C–C–N with tert-alkyl or cyclic N) is 1. The van der Waals surface area contributed by atoms with Crippen LogP contribution in [0.4, 0.5) is 4.79 Å². The van der Waals surface area contributed by atoms with Crippen LogP contribution in [0.2, 0.25) is 0 Å². The van der Waals surface area contributed by atoms with E-state index in [0.717, 1.165) is 4.90 Å². The standard InChI is InChI=1S/C9H16N2O5/c1-16-3-2-10-9(15)11-5-6(12)4-7(11)8(13)14/h6-7,12H,2-5H2,1H3,(H,10,15)(H,13,14)/t6-,7-/m1/s1. The summed E-state index contributed by atoms with van der Waals surface area (Å²) >= 11 is 0. The zero-order chi connectivity index (χ0) is 12.1. The molecule has 0 aromatic carbocycles. The largest absolute Gasteiger partial charge is 0.480 e. The smallest absolute Gasteiger partial charge is 0.326 e. The van der Waals surface area contributed by atoms with Gasteiger partial charge in [0.2, 0.25) is 0 Å². The summed E-state index contributed by atoms with van der Waals surface area (Å²) in [5.74, 6) is -1.10. The topological polar surface area (TPSA) is 99.1 Å². The number of nitrogens with one attached hydrogen (secondary N) is 1. The first-order valence-electron chi connectivity index (χ1n) is 5.00. The molecule has 2 amide bonds. The lowest BCUT2D eigenvalue weighted by atomic mass is 10.2. The lowest BCUT2D eigenvalue weighted by Crippen LogP contribution is -2.46. The molecular weight excluding hydrogens is 216 g/mol. The number of methoxy groups -OCH3 is 1. The van der Waals surface area contributed by atoms with Gasteiger partial charge in [-0.1, -0.05) is 0 Å². The van der Waals surface area contributed by atoms with Gasteiger partial charge in [-0.3, -0.25) is 0 Å². The SMILES string of the molecule is COCCNC(=O)N1C[C@H](O)C[C@@H]1C(=O)O. The van der Waals surface area contributed by atoms with Crippen molar-refractivity contribution in [2.45, 2.75) is 18.6 Å². The molecule has 1 saturated heterocycles. The summed E-state index contributed by atoms with van der Waals surface area (Å²) in [7, 11) is 1.51. The number of aliphatic hydroxyl groups excluding tert-OH is 1. The van der Waals surface area contributed by atoms with E-state index in [1.807, 2.05) is 0 Å². The molecule has 1 fully saturated rings. The average Bonchev–Trinajstić information content (AvgIpc) is 2.61. The van der Waals surface area contributed by atoms with E-state index in [1.165, 1.54) is 7.11 Å². The van der Waals surface area contributed by atoms with Crippen LogP contribution in [0.3, 0.4) is 0 Å². The maximum absolute atomic E-state index is 11.6. The molecule has 1 heterocycles. The van der Waals surface area contributed by atoms with Crippen molar-refractivity contribution in [2.75, 3.05) is 26.8 Å². The summed E-state index contributed by atoms with van der Waals surface area (Å²) in [6.07, 6.45) is -0.693. The van der Waals surface area contributed by atoms with Gasteiger partial charge in [0.25, 0.3) is 0 Å². The van der Waals surface area contributed by atoms with Gasteiger partial charge >= 0.3 is 12.0 Å². The van der Waals surface area contributed by atoms with E-state index in [0.29, 0.717) is 13.2 Å². The molecule has 92 valence electrons. The third-order valence-electron chi connectivity index (χ3n) is 2.41. The first-order chi connectivity index (χ1) is 7.56. The summed E-state index contributed by atoms with van der Waals surface area (Å²) in [6.45, 7) is 0.726. The van der Waals surface area contributed by atoms with Gasteiger partial charge in [0.1, 0.15) is 6.04 Å². The second-order valence-corrected chi connectivity index (χ2v) is 3.62. The highest BCUT2D eigenvalue weighted by Gasteiger charge is 2.38. The van der Waals surface area contributed by atoms with Crippen molar-refractivity contribution in [3.8, 4) is 0 Å². The Hall–Kier alpha value is -1.34. The molecule has 0 aromatic heterocycles. The number of likely N-dealkylation sites (tertiary alicyclic amines) is 1. The monoisotopic (exact) mass is 232 g/mol. The number of carboxylic acids is 1. The van der Waals surface area contributed by atoms with Gasteiger partial charge in [-0.25, -0.2) is 9.59 Å². The van der Waals surface area contributed by atoms with E-state index in [2.05, 4.69) is 5.32 Å². The van der Waals surface area contributed by atoms with Crippen LogP contribution in [0.1, 0.15) is 6.42 Å². The number of amides is 2. The van der Waals surface area contributed by atoms with Gasteiger partial charge in [0.15, 0.2) is 0 Å². The van der Waals surface area contributed by atoms with E-state index in [4.69, 9.17) is 9.84 Å². The van der Waals surface area contributed by atoms with E-state index >= 15 is 0 Å². The first kappa shape index (κ1) is 12.7. The minimum atomic E-state index is -1.10. The van der Waals surface area contributed by atoms with E-state index in [-0.39, 0.29) is 13.0 Å². The van der Waals surface area contributed by atoms with Crippen LogP contribution in [0, 0.1) is 0 Å². The summed E-state index contributed by atoms with van der Waals surface area (Å²) in [6, 6.07) is -1.43. The van der Waals surface area contributed by atoms with Crippen LogP contribution in [0.25, 0.3) is 0 Å². The Bertz CT molecular complexity index is 271. The highest BCUT2D eigenvalue weighted by atomic mass is 16.5. The molecule has 1 aliphatic rings. The van der Waals surface area contributed by atoms with Gasteiger partial charge in [-0.15, -0.1) is 0 Å². The van der Waals surface area contributed by atoms with Gasteiger partial charge in [0, 0.05) is 26.6 Å². The molecule has 0 aromatic rings. The molecule has 3 N–H and O–H groups in total. The Morgan fingerprint density at radius 1 is 1.56 bits per heavy atom. The number of hydrogen-bond donors (Lipinski definition) is 3. The minimum absolute atomic E-state index is 0.0514. The van der Waals surface area contributed by atoms with Crippen molar-refractivity contribution >= 4 is 12.0 Å². The third kappa shape index (κ3) is 3.07. The van der Waals surface area contributed by atoms with E-state index in [1.54, 1.807) is 0 Å². The predicted molar refractivity (Wildman–Crippen MR) is 54.0 cm³/mol. The van der Waals surface area contributed by atoms with Gasteiger partial charge < -0.3 is 25.2 Å². The van der Waals surface area contributed by atoms with Crippen LogP contribution in [-0.2, 0) is 9.53 Å². The first-order valence-corrected chi connectivity index (χ1v) is 5.00. The number of nitrogens with zero attached hydrogens (tertiary/aromatic N) is 1. The fourth-order valence-electron chi connectivity index (χ4n) is 1.63. The lowest BCUT2D eigenvalue weighted by Gasteiger charge is -2.21. The summed E-state index contributed by atoms with van der Waals surface area (Å²) in [5, 5.41) is 20.7. The van der Waals surface area contributed by atoms with Crippen LogP contribution in [0.15, 0.2) is 0 Å². The molecular formula is C9H16N2O5. The zero-order valence-electron chi connectivity index (χ0n) is 9.05. The number of aliphatic carboxylic acids is 1. The molecule has 0 saturated carbocycles. The molecule has 0 spiro atoms. The van der Waals surface area contributed by atoms with Crippen molar-refractivity contribution in [3.05, 3.63) is 0 Å². The normalized spacial score (nSPS) is 24.5. The zero-order valence-corrected chi connectivity index (χ0v) is 9.05. The molecule has 0 unspecified atom stereocenters. The quantitative estimate of drug-likeness (QED) is 0.532. The molecule has 2 atom stereocenters. The number of hydrogen-bond acceptors (Lipinski definition) is 4. The lowest BCUT2D eigenvalue weighted by molar-refractivity contribution is -0.141. The highest BCUT2D eigenvalue weighted by molar-refractivity contribution is 5.83.